The highest BCUT2D eigenvalue weighted by Crippen LogP contribution is 2.40. The van der Waals surface area contributed by atoms with Gasteiger partial charge < -0.3 is 4.90 Å². The molecule has 0 spiro atoms. The van der Waals surface area contributed by atoms with Crippen LogP contribution in [-0.4, -0.2) is 58.8 Å². The zero-order valence-corrected chi connectivity index (χ0v) is 19.4. The van der Waals surface area contributed by atoms with Crippen molar-refractivity contribution in [2.45, 2.75) is 51.1 Å². The maximum Gasteiger partial charge on any atom is 0.260 e. The van der Waals surface area contributed by atoms with E-state index in [1.54, 1.807) is 10.8 Å². The molecule has 4 aromatic rings. The molecule has 6 rings (SSSR count). The minimum Gasteiger partial charge on any atom is -0.342 e. The fourth-order valence-electron chi connectivity index (χ4n) is 4.84. The Balaban J connectivity index is 1.41. The summed E-state index contributed by atoms with van der Waals surface area (Å²) in [5.74, 6) is 2.61. The maximum atomic E-state index is 12.8. The number of aryl methyl sites for hydroxylation is 1. The molecule has 0 radical (unpaired) electrons. The Morgan fingerprint density at radius 3 is 2.87 bits per heavy atom. The molecule has 1 amide bonds. The predicted molar refractivity (Wildman–Crippen MR) is 122 cm³/mol. The quantitative estimate of drug-likeness (QED) is 0.440. The summed E-state index contributed by atoms with van der Waals surface area (Å²) < 4.78 is 3.88. The summed E-state index contributed by atoms with van der Waals surface area (Å²) in [6.07, 6.45) is 7.17. The number of thioether (sulfide) groups is 1. The van der Waals surface area contributed by atoms with Gasteiger partial charge in [-0.05, 0) is 49.5 Å². The standard InChI is InChI=1S/C21H25N7OS2/c1-12-5-7-26(8-6-12)16(29)10-30-21-25-24-20-27(21)19-17(18-22-11-23-28(18)20)14-9-13(2)3-4-15(14)31-19/h11-13H,3-10H2,1-2H3. The third kappa shape index (κ3) is 3.14. The number of thiophene rings is 1. The SMILES string of the molecule is CC1CCN(C(=O)CSc2nnc3n4ncnc4c4c5c(sc4n23)CCC(C)C5)CC1. The topological polar surface area (TPSA) is 80.7 Å². The molecule has 0 N–H and O–H groups in total. The van der Waals surface area contributed by atoms with E-state index < -0.39 is 0 Å². The van der Waals surface area contributed by atoms with Crippen molar-refractivity contribution in [3.05, 3.63) is 16.8 Å². The second-order valence-electron chi connectivity index (χ2n) is 9.00. The first-order chi connectivity index (χ1) is 15.1. The molecule has 0 bridgehead atoms. The van der Waals surface area contributed by atoms with Gasteiger partial charge in [0, 0.05) is 18.0 Å². The minimum absolute atomic E-state index is 0.186. The number of likely N-dealkylation sites (tertiary alicyclic amines) is 1. The molecule has 2 aliphatic rings. The molecule has 10 heteroatoms. The molecular weight excluding hydrogens is 430 g/mol. The number of piperidine rings is 1. The van der Waals surface area contributed by atoms with E-state index in [1.165, 1.54) is 34.0 Å². The van der Waals surface area contributed by atoms with Crippen molar-refractivity contribution in [3.8, 4) is 0 Å². The monoisotopic (exact) mass is 455 g/mol. The molecule has 1 saturated heterocycles. The normalized spacial score (nSPS) is 20.2. The summed E-state index contributed by atoms with van der Waals surface area (Å²) in [5, 5.41) is 15.2. The number of nitrogens with zero attached hydrogens (tertiary/aromatic N) is 7. The van der Waals surface area contributed by atoms with Gasteiger partial charge in [0.1, 0.15) is 11.2 Å². The Morgan fingerprint density at radius 1 is 1.19 bits per heavy atom. The van der Waals surface area contributed by atoms with Gasteiger partial charge in [0.15, 0.2) is 10.8 Å². The summed E-state index contributed by atoms with van der Waals surface area (Å²) in [6.45, 7) is 6.30. The summed E-state index contributed by atoms with van der Waals surface area (Å²) >= 11 is 3.30. The summed E-state index contributed by atoms with van der Waals surface area (Å²) in [6, 6.07) is 0. The van der Waals surface area contributed by atoms with Gasteiger partial charge in [-0.25, -0.2) is 9.38 Å². The lowest BCUT2D eigenvalue weighted by molar-refractivity contribution is -0.129. The van der Waals surface area contributed by atoms with Gasteiger partial charge in [0.2, 0.25) is 5.91 Å². The van der Waals surface area contributed by atoms with Crippen LogP contribution >= 0.6 is 23.1 Å². The van der Waals surface area contributed by atoms with Gasteiger partial charge >= 0.3 is 0 Å². The number of hydrogen-bond acceptors (Lipinski definition) is 7. The van der Waals surface area contributed by atoms with Crippen molar-refractivity contribution < 1.29 is 4.79 Å². The smallest absolute Gasteiger partial charge is 0.260 e. The number of rotatable bonds is 3. The lowest BCUT2D eigenvalue weighted by Crippen LogP contribution is -2.38. The number of carbonyl (C=O) groups excluding carboxylic acids is 1. The summed E-state index contributed by atoms with van der Waals surface area (Å²) in [5.41, 5.74) is 2.26. The van der Waals surface area contributed by atoms with Gasteiger partial charge in [0.05, 0.1) is 11.1 Å². The first-order valence-electron chi connectivity index (χ1n) is 11.0. The molecule has 31 heavy (non-hydrogen) atoms. The predicted octanol–water partition coefficient (Wildman–Crippen LogP) is 3.46. The van der Waals surface area contributed by atoms with E-state index in [4.69, 9.17) is 0 Å². The van der Waals surface area contributed by atoms with Crippen LogP contribution in [0.5, 0.6) is 0 Å². The first kappa shape index (κ1) is 19.5. The Hall–Kier alpha value is -2.20. The van der Waals surface area contributed by atoms with Gasteiger partial charge in [0.25, 0.3) is 5.78 Å². The Morgan fingerprint density at radius 2 is 2.03 bits per heavy atom. The van der Waals surface area contributed by atoms with Crippen LogP contribution in [0.15, 0.2) is 11.5 Å². The van der Waals surface area contributed by atoms with E-state index in [1.807, 2.05) is 16.2 Å². The average Bonchev–Trinajstić information content (AvgIpc) is 3.48. The van der Waals surface area contributed by atoms with E-state index in [-0.39, 0.29) is 5.91 Å². The van der Waals surface area contributed by atoms with Crippen LogP contribution in [0.2, 0.25) is 0 Å². The van der Waals surface area contributed by atoms with Gasteiger partial charge in [-0.15, -0.1) is 21.5 Å². The third-order valence-corrected chi connectivity index (χ3v) is 8.92. The zero-order valence-electron chi connectivity index (χ0n) is 17.7. The summed E-state index contributed by atoms with van der Waals surface area (Å²) in [7, 11) is 0. The molecule has 1 aliphatic heterocycles. The second-order valence-corrected chi connectivity index (χ2v) is 11.0. The van der Waals surface area contributed by atoms with Gasteiger partial charge in [-0.1, -0.05) is 25.6 Å². The number of carbonyl (C=O) groups is 1. The molecule has 0 saturated carbocycles. The molecule has 1 fully saturated rings. The Bertz CT molecular complexity index is 1300. The number of hydrogen-bond donors (Lipinski definition) is 0. The Kier molecular flexibility index (Phi) is 4.68. The van der Waals surface area contributed by atoms with Crippen molar-refractivity contribution in [3.63, 3.8) is 0 Å². The molecular formula is C21H25N7OS2. The highest BCUT2D eigenvalue weighted by molar-refractivity contribution is 7.99. The van der Waals surface area contributed by atoms with Crippen LogP contribution in [0.1, 0.15) is 43.6 Å². The van der Waals surface area contributed by atoms with Gasteiger partial charge in [-0.2, -0.15) is 9.61 Å². The van der Waals surface area contributed by atoms with Crippen LogP contribution in [0, 0.1) is 11.8 Å². The number of fused-ring (bicyclic) bond motifs is 8. The molecule has 162 valence electrons. The largest absolute Gasteiger partial charge is 0.342 e. The highest BCUT2D eigenvalue weighted by atomic mass is 32.2. The molecule has 1 aliphatic carbocycles. The van der Waals surface area contributed by atoms with Crippen LogP contribution in [0.4, 0.5) is 0 Å². The summed E-state index contributed by atoms with van der Waals surface area (Å²) in [4.78, 5) is 21.9. The van der Waals surface area contributed by atoms with E-state index >= 15 is 0 Å². The maximum absolute atomic E-state index is 12.8. The van der Waals surface area contributed by atoms with Crippen LogP contribution < -0.4 is 0 Å². The van der Waals surface area contributed by atoms with Crippen molar-refractivity contribution in [2.75, 3.05) is 18.8 Å². The van der Waals surface area contributed by atoms with Gasteiger partial charge in [-0.3, -0.25) is 4.79 Å². The van der Waals surface area contributed by atoms with E-state index in [0.717, 1.165) is 54.4 Å². The number of aromatic nitrogens is 6. The van der Waals surface area contributed by atoms with Crippen molar-refractivity contribution in [1.29, 1.82) is 0 Å². The highest BCUT2D eigenvalue weighted by Gasteiger charge is 2.27. The fraction of sp³-hybridized carbons (Fsp3) is 0.571. The molecule has 1 atom stereocenters. The van der Waals surface area contributed by atoms with E-state index in [0.29, 0.717) is 23.4 Å². The zero-order chi connectivity index (χ0) is 21.1. The molecule has 4 aromatic heterocycles. The second kappa shape index (κ2) is 7.44. The van der Waals surface area contributed by atoms with Crippen LogP contribution in [0.3, 0.4) is 0 Å². The first-order valence-corrected chi connectivity index (χ1v) is 12.8. The lowest BCUT2D eigenvalue weighted by Gasteiger charge is -2.30. The van der Waals surface area contributed by atoms with Crippen LogP contribution in [-0.2, 0) is 17.6 Å². The molecule has 1 unspecified atom stereocenters. The molecule has 5 heterocycles. The fourth-order valence-corrected chi connectivity index (χ4v) is 7.07. The number of amides is 1. The van der Waals surface area contributed by atoms with Crippen molar-refractivity contribution in [1.82, 2.24) is 34.1 Å². The third-order valence-electron chi connectivity index (χ3n) is 6.73. The molecule has 8 nitrogen and oxygen atoms in total. The lowest BCUT2D eigenvalue weighted by atomic mass is 9.89. The van der Waals surface area contributed by atoms with Crippen LogP contribution in [0.25, 0.3) is 21.6 Å². The Labute approximate surface area is 188 Å². The van der Waals surface area contributed by atoms with E-state index in [2.05, 4.69) is 38.5 Å². The average molecular weight is 456 g/mol. The van der Waals surface area contributed by atoms with Crippen molar-refractivity contribution >= 4 is 50.6 Å². The minimum atomic E-state index is 0.186. The molecule has 0 aromatic carbocycles. The van der Waals surface area contributed by atoms with E-state index in [9.17, 15) is 4.79 Å². The van der Waals surface area contributed by atoms with Crippen molar-refractivity contribution in [2.24, 2.45) is 11.8 Å².